The lowest BCUT2D eigenvalue weighted by atomic mass is 10.2. The molecule has 0 bridgehead atoms. The van der Waals surface area contributed by atoms with Gasteiger partial charge in [-0.05, 0) is 29.8 Å². The van der Waals surface area contributed by atoms with Gasteiger partial charge in [0, 0.05) is 11.5 Å². The number of hydrogen-bond acceptors (Lipinski definition) is 7. The van der Waals surface area contributed by atoms with Crippen LogP contribution in [0.25, 0.3) is 0 Å². The minimum atomic E-state index is -1.22. The summed E-state index contributed by atoms with van der Waals surface area (Å²) in [5.41, 5.74) is 2.07. The van der Waals surface area contributed by atoms with Crippen molar-refractivity contribution in [3.8, 4) is 6.07 Å². The van der Waals surface area contributed by atoms with Crippen molar-refractivity contribution in [2.24, 2.45) is 0 Å². The zero-order valence-electron chi connectivity index (χ0n) is 14.9. The SMILES string of the molecule is CCS(=O)c1ccccc1C(=O)Nc1nnc(SCc2ccc(C#N)cc2)s1. The quantitative estimate of drug-likeness (QED) is 0.450. The highest BCUT2D eigenvalue weighted by atomic mass is 32.2. The molecule has 0 fully saturated rings. The van der Waals surface area contributed by atoms with Gasteiger partial charge >= 0.3 is 0 Å². The maximum absolute atomic E-state index is 12.6. The number of thioether (sulfide) groups is 1. The maximum Gasteiger partial charge on any atom is 0.258 e. The lowest BCUT2D eigenvalue weighted by molar-refractivity contribution is 0.102. The first-order valence-electron chi connectivity index (χ1n) is 8.34. The summed E-state index contributed by atoms with van der Waals surface area (Å²) in [6, 6.07) is 16.3. The van der Waals surface area contributed by atoms with Gasteiger partial charge in [0.2, 0.25) is 5.13 Å². The summed E-state index contributed by atoms with van der Waals surface area (Å²) in [6.45, 7) is 1.81. The van der Waals surface area contributed by atoms with E-state index in [-0.39, 0.29) is 5.91 Å². The molecule has 1 unspecified atom stereocenters. The molecule has 0 radical (unpaired) electrons. The van der Waals surface area contributed by atoms with Gasteiger partial charge in [-0.15, -0.1) is 10.2 Å². The summed E-state index contributed by atoms with van der Waals surface area (Å²) in [4.78, 5) is 13.1. The number of aromatic nitrogens is 2. The van der Waals surface area contributed by atoms with Crippen molar-refractivity contribution < 1.29 is 9.00 Å². The number of hydrogen-bond donors (Lipinski definition) is 1. The smallest absolute Gasteiger partial charge is 0.258 e. The molecule has 9 heteroatoms. The third-order valence-corrected chi connectivity index (χ3v) is 7.13. The zero-order valence-corrected chi connectivity index (χ0v) is 17.4. The van der Waals surface area contributed by atoms with Gasteiger partial charge in [0.15, 0.2) is 4.34 Å². The van der Waals surface area contributed by atoms with Gasteiger partial charge in [0.1, 0.15) is 0 Å². The molecule has 0 aliphatic rings. The Balaban J connectivity index is 1.64. The van der Waals surface area contributed by atoms with Crippen LogP contribution in [0.2, 0.25) is 0 Å². The summed E-state index contributed by atoms with van der Waals surface area (Å²) in [6.07, 6.45) is 0. The number of nitrogens with zero attached hydrogens (tertiary/aromatic N) is 3. The molecule has 0 aliphatic carbocycles. The summed E-state index contributed by atoms with van der Waals surface area (Å²) >= 11 is 2.79. The van der Waals surface area contributed by atoms with Crippen molar-refractivity contribution in [1.82, 2.24) is 10.2 Å². The fourth-order valence-corrected chi connectivity index (χ4v) is 4.96. The van der Waals surface area contributed by atoms with Crippen molar-refractivity contribution in [1.29, 1.82) is 5.26 Å². The first kappa shape index (κ1) is 20.2. The van der Waals surface area contributed by atoms with Crippen LogP contribution in [0.15, 0.2) is 57.8 Å². The molecule has 1 amide bonds. The minimum absolute atomic E-state index is 0.350. The topological polar surface area (TPSA) is 95.7 Å². The molecule has 0 saturated heterocycles. The van der Waals surface area contributed by atoms with E-state index in [4.69, 9.17) is 5.26 Å². The molecule has 6 nitrogen and oxygen atoms in total. The standard InChI is InChI=1S/C19H16N4O2S3/c1-2-28(25)16-6-4-3-5-15(16)17(24)21-18-22-23-19(27-18)26-12-14-9-7-13(11-20)8-10-14/h3-10H,2,12H2,1H3,(H,21,22,24). The summed E-state index contributed by atoms with van der Waals surface area (Å²) in [7, 11) is -1.22. The van der Waals surface area contributed by atoms with E-state index in [1.54, 1.807) is 36.4 Å². The van der Waals surface area contributed by atoms with Crippen LogP contribution in [0.4, 0.5) is 5.13 Å². The van der Waals surface area contributed by atoms with Crippen molar-refractivity contribution in [2.75, 3.05) is 11.1 Å². The number of rotatable bonds is 7. The third-order valence-electron chi connectivity index (χ3n) is 3.71. The Morgan fingerprint density at radius 1 is 1.21 bits per heavy atom. The summed E-state index contributed by atoms with van der Waals surface area (Å²) in [5, 5.41) is 20.1. The van der Waals surface area contributed by atoms with Crippen LogP contribution in [0.3, 0.4) is 0 Å². The van der Waals surface area contributed by atoms with Crippen molar-refractivity contribution in [3.63, 3.8) is 0 Å². The van der Waals surface area contributed by atoms with E-state index in [0.717, 1.165) is 9.90 Å². The third kappa shape index (κ3) is 5.04. The number of nitriles is 1. The van der Waals surface area contributed by atoms with E-state index in [2.05, 4.69) is 21.6 Å². The summed E-state index contributed by atoms with van der Waals surface area (Å²) in [5.74, 6) is 0.781. The highest BCUT2D eigenvalue weighted by Gasteiger charge is 2.16. The molecular weight excluding hydrogens is 412 g/mol. The number of amides is 1. The number of carbonyl (C=O) groups excluding carboxylic acids is 1. The molecule has 0 spiro atoms. The second-order valence-electron chi connectivity index (χ2n) is 5.56. The second-order valence-corrected chi connectivity index (χ2v) is 9.46. The van der Waals surface area contributed by atoms with Crippen LogP contribution >= 0.6 is 23.1 Å². The lowest BCUT2D eigenvalue weighted by Crippen LogP contribution is -2.15. The number of carbonyl (C=O) groups is 1. The van der Waals surface area contributed by atoms with Crippen LogP contribution in [-0.4, -0.2) is 26.1 Å². The molecule has 0 saturated carbocycles. The monoisotopic (exact) mass is 428 g/mol. The highest BCUT2D eigenvalue weighted by Crippen LogP contribution is 2.29. The molecular formula is C19H16N4O2S3. The zero-order chi connectivity index (χ0) is 19.9. The molecule has 0 aliphatic heterocycles. The minimum Gasteiger partial charge on any atom is -0.296 e. The predicted molar refractivity (Wildman–Crippen MR) is 112 cm³/mol. The molecule has 1 N–H and O–H groups in total. The van der Waals surface area contributed by atoms with Gasteiger partial charge in [-0.1, -0.05) is 54.3 Å². The van der Waals surface area contributed by atoms with E-state index in [0.29, 0.717) is 32.7 Å². The Morgan fingerprint density at radius 2 is 1.96 bits per heavy atom. The van der Waals surface area contributed by atoms with E-state index in [1.807, 2.05) is 19.1 Å². The molecule has 2 aromatic carbocycles. The van der Waals surface area contributed by atoms with Crippen LogP contribution in [0.1, 0.15) is 28.4 Å². The molecule has 142 valence electrons. The first-order valence-corrected chi connectivity index (χ1v) is 11.5. The van der Waals surface area contributed by atoms with Crippen LogP contribution < -0.4 is 5.32 Å². The van der Waals surface area contributed by atoms with Crippen molar-refractivity contribution in [3.05, 3.63) is 65.2 Å². The van der Waals surface area contributed by atoms with Crippen LogP contribution in [0, 0.1) is 11.3 Å². The van der Waals surface area contributed by atoms with Gasteiger partial charge in [-0.3, -0.25) is 14.3 Å². The molecule has 1 aromatic heterocycles. The maximum atomic E-state index is 12.6. The van der Waals surface area contributed by atoms with Crippen LogP contribution in [-0.2, 0) is 16.6 Å². The average molecular weight is 429 g/mol. The number of anilines is 1. The predicted octanol–water partition coefficient (Wildman–Crippen LogP) is 4.08. The Bertz CT molecular complexity index is 1040. The fourth-order valence-electron chi connectivity index (χ4n) is 2.31. The normalized spacial score (nSPS) is 11.6. The first-order chi connectivity index (χ1) is 13.6. The number of benzene rings is 2. The van der Waals surface area contributed by atoms with Gasteiger partial charge in [-0.2, -0.15) is 5.26 Å². The van der Waals surface area contributed by atoms with Crippen LogP contribution in [0.5, 0.6) is 0 Å². The van der Waals surface area contributed by atoms with E-state index >= 15 is 0 Å². The second kappa shape index (κ2) is 9.59. The Hall–Kier alpha value is -2.54. The van der Waals surface area contributed by atoms with Gasteiger partial charge in [-0.25, -0.2) is 0 Å². The van der Waals surface area contributed by atoms with E-state index in [1.165, 1.54) is 23.1 Å². The van der Waals surface area contributed by atoms with E-state index in [9.17, 15) is 9.00 Å². The molecule has 28 heavy (non-hydrogen) atoms. The molecule has 1 atom stereocenters. The van der Waals surface area contributed by atoms with E-state index < -0.39 is 10.8 Å². The Labute approximate surface area is 173 Å². The van der Waals surface area contributed by atoms with Crippen molar-refractivity contribution in [2.45, 2.75) is 21.9 Å². The van der Waals surface area contributed by atoms with Gasteiger partial charge < -0.3 is 0 Å². The van der Waals surface area contributed by atoms with Gasteiger partial charge in [0.05, 0.1) is 32.9 Å². The fraction of sp³-hybridized carbons (Fsp3) is 0.158. The molecule has 3 aromatic rings. The number of nitrogens with one attached hydrogen (secondary N) is 1. The lowest BCUT2D eigenvalue weighted by Gasteiger charge is -2.07. The highest BCUT2D eigenvalue weighted by molar-refractivity contribution is 8.00. The summed E-state index contributed by atoms with van der Waals surface area (Å²) < 4.78 is 12.9. The van der Waals surface area contributed by atoms with Crippen molar-refractivity contribution >= 4 is 44.9 Å². The average Bonchev–Trinajstić information content (AvgIpc) is 3.19. The molecule has 3 rings (SSSR count). The molecule has 1 heterocycles. The Morgan fingerprint density at radius 3 is 2.68 bits per heavy atom. The largest absolute Gasteiger partial charge is 0.296 e. The Kier molecular flexibility index (Phi) is 6.92. The van der Waals surface area contributed by atoms with Gasteiger partial charge in [0.25, 0.3) is 5.91 Å².